The average Bonchev–Trinajstić information content (AvgIpc) is 2.99. The first-order valence-electron chi connectivity index (χ1n) is 19.5. The van der Waals surface area contributed by atoms with Crippen LogP contribution in [0.3, 0.4) is 0 Å². The van der Waals surface area contributed by atoms with Crippen LogP contribution in [0, 0.1) is 5.41 Å². The molecular formula is C39H84ClN3O3. The number of rotatable bonds is 35. The lowest BCUT2D eigenvalue weighted by molar-refractivity contribution is -0.149. The number of carboxylic acid groups (broad SMARTS) is 1. The maximum Gasteiger partial charge on any atom is 0.309 e. The summed E-state index contributed by atoms with van der Waals surface area (Å²) < 4.78 is 0. The molecule has 0 aromatic heterocycles. The number of nitrogens with one attached hydrogen (secondary N) is 1. The van der Waals surface area contributed by atoms with Crippen molar-refractivity contribution in [3.05, 3.63) is 0 Å². The van der Waals surface area contributed by atoms with Crippen LogP contribution in [0.1, 0.15) is 226 Å². The number of carbonyl (C=O) groups is 2. The average molecular weight is 679 g/mol. The molecule has 0 aromatic rings. The van der Waals surface area contributed by atoms with Crippen molar-refractivity contribution >= 4 is 24.3 Å². The van der Waals surface area contributed by atoms with Crippen LogP contribution in [0.4, 0.5) is 0 Å². The normalized spacial score (nSPS) is 12.0. The van der Waals surface area contributed by atoms with Gasteiger partial charge in [-0.15, -0.1) is 12.4 Å². The quantitative estimate of drug-likeness (QED) is 0.0495. The minimum Gasteiger partial charge on any atom is -0.481 e. The molecule has 1 atom stereocenters. The molecule has 0 aromatic carbocycles. The number of hydrogen-bond acceptors (Lipinski definition) is 4. The highest BCUT2D eigenvalue weighted by molar-refractivity contribution is 5.85. The van der Waals surface area contributed by atoms with Crippen LogP contribution >= 0.6 is 12.4 Å². The lowest BCUT2D eigenvalue weighted by atomic mass is 9.80. The number of hydrogen-bond donors (Lipinski definition) is 4. The highest BCUT2D eigenvalue weighted by Gasteiger charge is 2.31. The Morgan fingerprint density at radius 2 is 0.761 bits per heavy atom. The summed E-state index contributed by atoms with van der Waals surface area (Å²) in [6.45, 7) is 7.14. The van der Waals surface area contributed by atoms with Crippen LogP contribution < -0.4 is 17.6 Å². The van der Waals surface area contributed by atoms with E-state index in [1.54, 1.807) is 0 Å². The number of halogens is 1. The SMILES string of the molecule is CCCCCCCCCCCCCCCCCC(=O)NCCCCC(C)(CCCCCCCCCCCCCC)C(=O)O.Cl.N.N. The van der Waals surface area contributed by atoms with E-state index in [9.17, 15) is 14.7 Å². The molecule has 0 rings (SSSR count). The lowest BCUT2D eigenvalue weighted by Gasteiger charge is -2.24. The summed E-state index contributed by atoms with van der Waals surface area (Å²) in [5.41, 5.74) is -0.629. The summed E-state index contributed by atoms with van der Waals surface area (Å²) in [5.74, 6) is -0.500. The van der Waals surface area contributed by atoms with E-state index in [-0.39, 0.29) is 30.6 Å². The molecule has 0 bridgehead atoms. The molecule has 1 unspecified atom stereocenters. The highest BCUT2D eigenvalue weighted by Crippen LogP contribution is 2.31. The molecule has 46 heavy (non-hydrogen) atoms. The fourth-order valence-corrected chi connectivity index (χ4v) is 6.31. The van der Waals surface area contributed by atoms with E-state index in [0.717, 1.165) is 44.9 Å². The molecule has 0 aliphatic rings. The zero-order valence-electron chi connectivity index (χ0n) is 31.4. The largest absolute Gasteiger partial charge is 0.481 e. The summed E-state index contributed by atoms with van der Waals surface area (Å²) in [7, 11) is 0. The van der Waals surface area contributed by atoms with Crippen LogP contribution in [0.15, 0.2) is 0 Å². The lowest BCUT2D eigenvalue weighted by Crippen LogP contribution is -2.28. The van der Waals surface area contributed by atoms with E-state index in [1.807, 2.05) is 6.92 Å². The van der Waals surface area contributed by atoms with Gasteiger partial charge in [0.2, 0.25) is 5.91 Å². The van der Waals surface area contributed by atoms with Gasteiger partial charge in [-0.25, -0.2) is 0 Å². The zero-order valence-corrected chi connectivity index (χ0v) is 32.2. The molecule has 0 saturated heterocycles. The molecule has 0 aliphatic heterocycles. The molecule has 1 amide bonds. The molecule has 0 saturated carbocycles. The van der Waals surface area contributed by atoms with Gasteiger partial charge in [-0.3, -0.25) is 9.59 Å². The van der Waals surface area contributed by atoms with Crippen molar-refractivity contribution in [2.45, 2.75) is 226 Å². The van der Waals surface area contributed by atoms with E-state index < -0.39 is 11.4 Å². The predicted octanol–water partition coefficient (Wildman–Crippen LogP) is 13.5. The molecule has 6 nitrogen and oxygen atoms in total. The topological polar surface area (TPSA) is 136 Å². The van der Waals surface area contributed by atoms with Crippen LogP contribution in [0.25, 0.3) is 0 Å². The van der Waals surface area contributed by atoms with Crippen LogP contribution in [-0.4, -0.2) is 23.5 Å². The van der Waals surface area contributed by atoms with Gasteiger partial charge in [0, 0.05) is 13.0 Å². The predicted molar refractivity (Wildman–Crippen MR) is 205 cm³/mol. The smallest absolute Gasteiger partial charge is 0.309 e. The summed E-state index contributed by atoms with van der Waals surface area (Å²) in [6.07, 6.45) is 39.5. The molecule has 0 radical (unpaired) electrons. The summed E-state index contributed by atoms with van der Waals surface area (Å²) in [4.78, 5) is 24.2. The number of amides is 1. The first-order valence-corrected chi connectivity index (χ1v) is 19.5. The highest BCUT2D eigenvalue weighted by atomic mass is 35.5. The Morgan fingerprint density at radius 1 is 0.478 bits per heavy atom. The third-order valence-corrected chi connectivity index (χ3v) is 9.58. The van der Waals surface area contributed by atoms with E-state index >= 15 is 0 Å². The minimum atomic E-state index is -0.659. The first-order chi connectivity index (χ1) is 21.0. The van der Waals surface area contributed by atoms with Gasteiger partial charge in [0.05, 0.1) is 5.41 Å². The van der Waals surface area contributed by atoms with Crippen molar-refractivity contribution in [3.63, 3.8) is 0 Å². The number of unbranched alkanes of at least 4 members (excludes halogenated alkanes) is 26. The molecule has 8 N–H and O–H groups in total. The van der Waals surface area contributed by atoms with Gasteiger partial charge in [-0.2, -0.15) is 0 Å². The number of carboxylic acids is 1. The standard InChI is InChI=1S/C39H77NO3.ClH.2H3N/c1-4-6-8-10-12-14-16-18-19-20-21-23-25-27-29-33-37(41)40-36-32-31-35-39(3,38(42)43)34-30-28-26-24-22-17-15-13-11-9-7-5-2;;;/h4-36H2,1-3H3,(H,40,41)(H,42,43);1H;2*1H3. The van der Waals surface area contributed by atoms with E-state index in [0.29, 0.717) is 19.4 Å². The van der Waals surface area contributed by atoms with Crippen molar-refractivity contribution in [2.24, 2.45) is 5.41 Å². The van der Waals surface area contributed by atoms with Gasteiger partial charge in [0.15, 0.2) is 0 Å². The van der Waals surface area contributed by atoms with Crippen molar-refractivity contribution in [2.75, 3.05) is 6.54 Å². The van der Waals surface area contributed by atoms with Gasteiger partial charge in [0.1, 0.15) is 0 Å². The molecule has 280 valence electrons. The third-order valence-electron chi connectivity index (χ3n) is 9.58. The summed E-state index contributed by atoms with van der Waals surface area (Å²) >= 11 is 0. The zero-order chi connectivity index (χ0) is 31.7. The maximum absolute atomic E-state index is 12.2. The molecule has 7 heteroatoms. The second-order valence-corrected chi connectivity index (χ2v) is 14.0. The molecule has 0 fully saturated rings. The molecule has 0 spiro atoms. The summed E-state index contributed by atoms with van der Waals surface area (Å²) in [6, 6.07) is 0. The van der Waals surface area contributed by atoms with E-state index in [2.05, 4.69) is 19.2 Å². The van der Waals surface area contributed by atoms with Crippen molar-refractivity contribution in [3.8, 4) is 0 Å². The third kappa shape index (κ3) is 36.0. The first kappa shape index (κ1) is 52.0. The fraction of sp³-hybridized carbons (Fsp3) is 0.949. The second kappa shape index (κ2) is 40.3. The van der Waals surface area contributed by atoms with Crippen LogP contribution in [0.2, 0.25) is 0 Å². The van der Waals surface area contributed by atoms with Gasteiger partial charge < -0.3 is 22.7 Å². The van der Waals surface area contributed by atoms with Gasteiger partial charge in [-0.1, -0.05) is 187 Å². The number of carbonyl (C=O) groups excluding carboxylic acids is 1. The van der Waals surface area contributed by atoms with E-state index in [1.165, 1.54) is 148 Å². The fourth-order valence-electron chi connectivity index (χ4n) is 6.31. The monoisotopic (exact) mass is 678 g/mol. The van der Waals surface area contributed by atoms with Crippen molar-refractivity contribution < 1.29 is 14.7 Å². The Hall–Kier alpha value is -0.850. The van der Waals surface area contributed by atoms with Crippen LogP contribution in [-0.2, 0) is 9.59 Å². The Morgan fingerprint density at radius 3 is 1.09 bits per heavy atom. The number of aliphatic carboxylic acids is 1. The van der Waals surface area contributed by atoms with Gasteiger partial charge in [0.25, 0.3) is 0 Å². The summed E-state index contributed by atoms with van der Waals surface area (Å²) in [5, 5.41) is 12.9. The minimum absolute atomic E-state index is 0. The van der Waals surface area contributed by atoms with Crippen molar-refractivity contribution in [1.29, 1.82) is 0 Å². The Labute approximate surface area is 294 Å². The van der Waals surface area contributed by atoms with E-state index in [4.69, 9.17) is 0 Å². The molecular weight excluding hydrogens is 594 g/mol. The Balaban J connectivity index is -0.00000294. The second-order valence-electron chi connectivity index (χ2n) is 14.0. The Bertz CT molecular complexity index is 623. The molecule has 0 aliphatic carbocycles. The van der Waals surface area contributed by atoms with Gasteiger partial charge in [-0.05, 0) is 32.6 Å². The maximum atomic E-state index is 12.2. The van der Waals surface area contributed by atoms with Crippen LogP contribution in [0.5, 0.6) is 0 Å². The van der Waals surface area contributed by atoms with Crippen molar-refractivity contribution in [1.82, 2.24) is 17.6 Å². The Kier molecular flexibility index (Phi) is 45.6. The molecule has 0 heterocycles. The van der Waals surface area contributed by atoms with Gasteiger partial charge >= 0.3 is 5.97 Å².